The number of halogens is 1. The lowest BCUT2D eigenvalue weighted by atomic mass is 10.2. The fourth-order valence-corrected chi connectivity index (χ4v) is 2.80. The first kappa shape index (κ1) is 17.2. The first-order valence-corrected chi connectivity index (χ1v) is 8.64. The number of benzene rings is 1. The van der Waals surface area contributed by atoms with Gasteiger partial charge in [-0.05, 0) is 48.7 Å². The van der Waals surface area contributed by atoms with Crippen LogP contribution in [0.15, 0.2) is 47.6 Å². The second-order valence-corrected chi connectivity index (χ2v) is 6.13. The van der Waals surface area contributed by atoms with E-state index >= 15 is 0 Å². The maximum absolute atomic E-state index is 12.9. The maximum Gasteiger partial charge on any atom is 0.219 e. The van der Waals surface area contributed by atoms with E-state index in [4.69, 9.17) is 10.5 Å². The molecular weight excluding hydrogens is 319 g/mol. The van der Waals surface area contributed by atoms with Crippen molar-refractivity contribution in [2.45, 2.75) is 32.2 Å². The molecule has 1 aliphatic rings. The number of pyridine rings is 1. The Hall–Kier alpha value is -2.63. The molecule has 2 aromatic rings. The summed E-state index contributed by atoms with van der Waals surface area (Å²) in [6.07, 6.45) is 6.53. The van der Waals surface area contributed by atoms with Gasteiger partial charge in [0.2, 0.25) is 5.88 Å². The Bertz CT molecular complexity index is 710. The molecule has 0 bridgehead atoms. The highest BCUT2D eigenvalue weighted by Crippen LogP contribution is 2.20. The van der Waals surface area contributed by atoms with Crippen molar-refractivity contribution in [2.75, 3.05) is 13.1 Å². The van der Waals surface area contributed by atoms with Crippen LogP contribution in [0.25, 0.3) is 0 Å². The molecule has 0 unspecified atom stereocenters. The fourth-order valence-electron chi connectivity index (χ4n) is 2.80. The maximum atomic E-state index is 12.9. The molecule has 25 heavy (non-hydrogen) atoms. The predicted octanol–water partition coefficient (Wildman–Crippen LogP) is 3.70. The van der Waals surface area contributed by atoms with Crippen LogP contribution in [0.1, 0.15) is 31.2 Å². The van der Waals surface area contributed by atoms with Gasteiger partial charge in [0.1, 0.15) is 11.6 Å². The summed E-state index contributed by atoms with van der Waals surface area (Å²) in [7, 11) is 0. The van der Waals surface area contributed by atoms with E-state index in [0.717, 1.165) is 18.7 Å². The normalized spacial score (nSPS) is 15.7. The van der Waals surface area contributed by atoms with E-state index < -0.39 is 0 Å². The van der Waals surface area contributed by atoms with Crippen LogP contribution in [0.3, 0.4) is 0 Å². The van der Waals surface area contributed by atoms with Gasteiger partial charge in [-0.25, -0.2) is 14.4 Å². The molecule has 5 nitrogen and oxygen atoms in total. The van der Waals surface area contributed by atoms with Gasteiger partial charge in [-0.1, -0.05) is 12.8 Å². The van der Waals surface area contributed by atoms with Crippen LogP contribution in [0.4, 0.5) is 4.39 Å². The Kier molecular flexibility index (Phi) is 5.82. The van der Waals surface area contributed by atoms with Crippen molar-refractivity contribution >= 4 is 5.96 Å². The second kappa shape index (κ2) is 8.46. The fraction of sp³-hybridized carbons (Fsp3) is 0.368. The zero-order valence-corrected chi connectivity index (χ0v) is 14.2. The number of ether oxygens (including phenoxy) is 1. The molecule has 0 spiro atoms. The van der Waals surface area contributed by atoms with Gasteiger partial charge in [-0.3, -0.25) is 0 Å². The average Bonchev–Trinajstić information content (AvgIpc) is 2.91. The van der Waals surface area contributed by atoms with Crippen LogP contribution < -0.4 is 10.5 Å². The number of nitrogens with zero attached hydrogens (tertiary/aromatic N) is 3. The van der Waals surface area contributed by atoms with Crippen LogP contribution in [0.2, 0.25) is 0 Å². The number of aliphatic imine (C=N–C) groups is 1. The number of guanidine groups is 1. The number of hydrogen-bond donors (Lipinski definition) is 1. The quantitative estimate of drug-likeness (QED) is 0.680. The Morgan fingerprint density at radius 2 is 1.84 bits per heavy atom. The van der Waals surface area contributed by atoms with Crippen molar-refractivity contribution in [1.82, 2.24) is 9.88 Å². The molecule has 0 saturated carbocycles. The highest BCUT2D eigenvalue weighted by molar-refractivity contribution is 5.78. The van der Waals surface area contributed by atoms with Crippen LogP contribution in [-0.2, 0) is 6.54 Å². The molecule has 2 heterocycles. The van der Waals surface area contributed by atoms with Crippen molar-refractivity contribution < 1.29 is 9.13 Å². The van der Waals surface area contributed by atoms with E-state index in [-0.39, 0.29) is 5.82 Å². The van der Waals surface area contributed by atoms with E-state index in [9.17, 15) is 4.39 Å². The summed E-state index contributed by atoms with van der Waals surface area (Å²) >= 11 is 0. The SMILES string of the molecule is NC(=NCc1ccnc(Oc2ccc(F)cc2)c1)N1CCCCCC1. The summed E-state index contributed by atoms with van der Waals surface area (Å²) in [4.78, 5) is 10.8. The molecular formula is C19H23FN4O. The minimum atomic E-state index is -0.299. The summed E-state index contributed by atoms with van der Waals surface area (Å²) in [6, 6.07) is 9.55. The van der Waals surface area contributed by atoms with Crippen LogP contribution in [0, 0.1) is 5.82 Å². The van der Waals surface area contributed by atoms with Crippen LogP contribution in [0.5, 0.6) is 11.6 Å². The Balaban J connectivity index is 1.62. The molecule has 0 aliphatic carbocycles. The van der Waals surface area contributed by atoms with Crippen molar-refractivity contribution in [3.8, 4) is 11.6 Å². The highest BCUT2D eigenvalue weighted by Gasteiger charge is 2.10. The van der Waals surface area contributed by atoms with E-state index in [1.165, 1.54) is 37.8 Å². The lowest BCUT2D eigenvalue weighted by molar-refractivity contribution is 0.428. The average molecular weight is 342 g/mol. The minimum Gasteiger partial charge on any atom is -0.439 e. The monoisotopic (exact) mass is 342 g/mol. The molecule has 0 atom stereocenters. The van der Waals surface area contributed by atoms with Crippen molar-refractivity contribution in [2.24, 2.45) is 10.7 Å². The van der Waals surface area contributed by atoms with Gasteiger partial charge >= 0.3 is 0 Å². The number of nitrogens with two attached hydrogens (primary N) is 1. The molecule has 1 saturated heterocycles. The van der Waals surface area contributed by atoms with Gasteiger partial charge in [0.05, 0.1) is 6.54 Å². The standard InChI is InChI=1S/C19H23FN4O/c20-16-5-7-17(8-6-16)25-18-13-15(9-10-22-18)14-23-19(21)24-11-3-1-2-4-12-24/h5-10,13H,1-4,11-12,14H2,(H2,21,23). The number of aromatic nitrogens is 1. The summed E-state index contributed by atoms with van der Waals surface area (Å²) in [5, 5.41) is 0. The zero-order valence-electron chi connectivity index (χ0n) is 14.2. The predicted molar refractivity (Wildman–Crippen MR) is 96.1 cm³/mol. The number of rotatable bonds is 4. The first-order valence-electron chi connectivity index (χ1n) is 8.64. The number of hydrogen-bond acceptors (Lipinski definition) is 3. The molecule has 6 heteroatoms. The Morgan fingerprint density at radius 3 is 2.56 bits per heavy atom. The van der Waals surface area contributed by atoms with Crippen LogP contribution in [-0.4, -0.2) is 28.9 Å². The van der Waals surface area contributed by atoms with Crippen molar-refractivity contribution in [1.29, 1.82) is 0 Å². The summed E-state index contributed by atoms with van der Waals surface area (Å²) < 4.78 is 18.6. The smallest absolute Gasteiger partial charge is 0.219 e. The third kappa shape index (κ3) is 5.17. The minimum absolute atomic E-state index is 0.299. The molecule has 1 aromatic carbocycles. The third-order valence-corrected chi connectivity index (χ3v) is 4.19. The molecule has 3 rings (SSSR count). The second-order valence-electron chi connectivity index (χ2n) is 6.13. The van der Waals surface area contributed by atoms with Crippen LogP contribution >= 0.6 is 0 Å². The summed E-state index contributed by atoms with van der Waals surface area (Å²) in [5.41, 5.74) is 7.10. The summed E-state index contributed by atoms with van der Waals surface area (Å²) in [5.74, 6) is 1.29. The topological polar surface area (TPSA) is 63.7 Å². The van der Waals surface area contributed by atoms with Gasteiger partial charge in [0.15, 0.2) is 5.96 Å². The molecule has 1 aromatic heterocycles. The van der Waals surface area contributed by atoms with Crippen molar-refractivity contribution in [3.05, 3.63) is 54.0 Å². The van der Waals surface area contributed by atoms with E-state index in [1.54, 1.807) is 18.3 Å². The molecule has 132 valence electrons. The Labute approximate surface area is 147 Å². The first-order chi connectivity index (χ1) is 12.2. The zero-order chi connectivity index (χ0) is 17.5. The van der Waals surface area contributed by atoms with Gasteiger partial charge in [-0.2, -0.15) is 0 Å². The lowest BCUT2D eigenvalue weighted by Gasteiger charge is -2.21. The Morgan fingerprint density at radius 1 is 1.12 bits per heavy atom. The van der Waals surface area contributed by atoms with Gasteiger partial charge in [-0.15, -0.1) is 0 Å². The van der Waals surface area contributed by atoms with Gasteiger partial charge in [0, 0.05) is 25.4 Å². The molecule has 1 fully saturated rings. The number of likely N-dealkylation sites (tertiary alicyclic amines) is 1. The molecule has 0 radical (unpaired) electrons. The largest absolute Gasteiger partial charge is 0.439 e. The van der Waals surface area contributed by atoms with Crippen molar-refractivity contribution in [3.63, 3.8) is 0 Å². The van der Waals surface area contributed by atoms with E-state index in [2.05, 4.69) is 14.9 Å². The highest BCUT2D eigenvalue weighted by atomic mass is 19.1. The van der Waals surface area contributed by atoms with E-state index in [1.807, 2.05) is 12.1 Å². The molecule has 0 amide bonds. The third-order valence-electron chi connectivity index (χ3n) is 4.19. The lowest BCUT2D eigenvalue weighted by Crippen LogP contribution is -2.38. The van der Waals surface area contributed by atoms with Gasteiger partial charge in [0.25, 0.3) is 0 Å². The molecule has 1 aliphatic heterocycles. The van der Waals surface area contributed by atoms with Gasteiger partial charge < -0.3 is 15.4 Å². The molecule has 2 N–H and O–H groups in total. The summed E-state index contributed by atoms with van der Waals surface area (Å²) in [6.45, 7) is 2.43. The van der Waals surface area contributed by atoms with E-state index in [0.29, 0.717) is 24.1 Å².